The number of nitrogens with one attached hydrogen (secondary N) is 1. The molecule has 0 unspecified atom stereocenters. The minimum absolute atomic E-state index is 0.0371. The zero-order valence-electron chi connectivity index (χ0n) is 12.2. The molecule has 0 saturated carbocycles. The zero-order valence-corrected chi connectivity index (χ0v) is 12.2. The summed E-state index contributed by atoms with van der Waals surface area (Å²) in [6.07, 6.45) is -0.455. The highest BCUT2D eigenvalue weighted by atomic mass is 19.4. The van der Waals surface area contributed by atoms with E-state index in [1.54, 1.807) is 6.07 Å². The van der Waals surface area contributed by atoms with E-state index in [0.717, 1.165) is 11.0 Å². The van der Waals surface area contributed by atoms with E-state index in [-0.39, 0.29) is 11.9 Å². The van der Waals surface area contributed by atoms with Gasteiger partial charge < -0.3 is 4.74 Å². The van der Waals surface area contributed by atoms with E-state index in [9.17, 15) is 18.0 Å². The molecule has 8 nitrogen and oxygen atoms in total. The number of alkyl halides is 3. The molecule has 0 fully saturated rings. The maximum Gasteiger partial charge on any atom is 0.411 e. The van der Waals surface area contributed by atoms with Crippen molar-refractivity contribution in [3.8, 4) is 5.95 Å². The second-order valence-corrected chi connectivity index (χ2v) is 4.91. The van der Waals surface area contributed by atoms with Gasteiger partial charge in [-0.25, -0.2) is 9.97 Å². The summed E-state index contributed by atoms with van der Waals surface area (Å²) in [4.78, 5) is 23.8. The average Bonchev–Trinajstić information content (AvgIpc) is 2.93. The highest BCUT2D eigenvalue weighted by Gasteiger charge is 2.36. The summed E-state index contributed by atoms with van der Waals surface area (Å²) in [6, 6.07) is 1.59. The lowest BCUT2D eigenvalue weighted by atomic mass is 10.1. The van der Waals surface area contributed by atoms with Crippen molar-refractivity contribution in [2.75, 3.05) is 11.9 Å². The van der Waals surface area contributed by atoms with Gasteiger partial charge in [-0.15, -0.1) is 0 Å². The van der Waals surface area contributed by atoms with E-state index in [4.69, 9.17) is 0 Å². The summed E-state index contributed by atoms with van der Waals surface area (Å²) in [5.74, 6) is -0.703. The van der Waals surface area contributed by atoms with E-state index in [0.29, 0.717) is 0 Å². The molecule has 2 aromatic heterocycles. The van der Waals surface area contributed by atoms with Crippen molar-refractivity contribution >= 4 is 11.9 Å². The first-order valence-corrected chi connectivity index (χ1v) is 6.38. The van der Waals surface area contributed by atoms with Gasteiger partial charge >= 0.3 is 6.18 Å². The number of nitrogens with zero attached hydrogens (tertiary/aromatic N) is 5. The van der Waals surface area contributed by atoms with Crippen LogP contribution >= 0.6 is 0 Å². The standard InChI is InChI=1S/C12H13F3N6O2/c1-11(2,23-6-12(13,14)15)8(22)20-10-18-7-19-21(10)9-16-4-3-5-17-9/h3-5,7H,6H2,1-2H3,(H,18,19,20,22). The number of halogens is 3. The average molecular weight is 330 g/mol. The van der Waals surface area contributed by atoms with Crippen molar-refractivity contribution in [2.24, 2.45) is 0 Å². The summed E-state index contributed by atoms with van der Waals surface area (Å²) in [5.41, 5.74) is -1.72. The molecule has 0 radical (unpaired) electrons. The van der Waals surface area contributed by atoms with Crippen LogP contribution in [0.2, 0.25) is 0 Å². The number of ether oxygens (including phenoxy) is 1. The van der Waals surface area contributed by atoms with Crippen molar-refractivity contribution in [3.63, 3.8) is 0 Å². The molecule has 2 aromatic rings. The summed E-state index contributed by atoms with van der Waals surface area (Å²) < 4.78 is 42.4. The van der Waals surface area contributed by atoms with Gasteiger partial charge in [0.1, 0.15) is 18.5 Å². The van der Waals surface area contributed by atoms with Gasteiger partial charge in [-0.3, -0.25) is 10.1 Å². The highest BCUT2D eigenvalue weighted by molar-refractivity contribution is 5.95. The molecular weight excluding hydrogens is 317 g/mol. The van der Waals surface area contributed by atoms with Gasteiger partial charge in [-0.2, -0.15) is 27.9 Å². The van der Waals surface area contributed by atoms with Crippen LogP contribution in [0, 0.1) is 0 Å². The Morgan fingerprint density at radius 3 is 2.52 bits per heavy atom. The Labute approximate surface area is 128 Å². The van der Waals surface area contributed by atoms with E-state index in [1.165, 1.54) is 26.2 Å². The fourth-order valence-electron chi connectivity index (χ4n) is 1.45. The summed E-state index contributed by atoms with van der Waals surface area (Å²) in [6.45, 7) is 0.892. The topological polar surface area (TPSA) is 94.8 Å². The van der Waals surface area contributed by atoms with Gasteiger partial charge in [0.05, 0.1) is 0 Å². The Morgan fingerprint density at radius 2 is 1.91 bits per heavy atom. The van der Waals surface area contributed by atoms with Crippen LogP contribution in [0.25, 0.3) is 5.95 Å². The maximum atomic E-state index is 12.2. The number of hydrogen-bond donors (Lipinski definition) is 1. The SMILES string of the molecule is CC(C)(OCC(F)(F)F)C(=O)Nc1ncnn1-c1ncccn1. The smallest absolute Gasteiger partial charge is 0.356 e. The summed E-state index contributed by atoms with van der Waals surface area (Å²) >= 11 is 0. The van der Waals surface area contributed by atoms with Crippen LogP contribution in [-0.2, 0) is 9.53 Å². The van der Waals surface area contributed by atoms with Crippen molar-refractivity contribution in [1.29, 1.82) is 0 Å². The minimum Gasteiger partial charge on any atom is -0.356 e. The van der Waals surface area contributed by atoms with E-state index < -0.39 is 24.3 Å². The number of carbonyl (C=O) groups is 1. The molecule has 1 amide bonds. The Bertz CT molecular complexity index is 671. The third-order valence-corrected chi connectivity index (χ3v) is 2.66. The second-order valence-electron chi connectivity index (χ2n) is 4.91. The van der Waals surface area contributed by atoms with Crippen molar-refractivity contribution in [2.45, 2.75) is 25.6 Å². The quantitative estimate of drug-likeness (QED) is 0.889. The maximum absolute atomic E-state index is 12.2. The van der Waals surface area contributed by atoms with Gasteiger partial charge in [0, 0.05) is 12.4 Å². The lowest BCUT2D eigenvalue weighted by molar-refractivity contribution is -0.199. The molecule has 0 bridgehead atoms. The summed E-state index contributed by atoms with van der Waals surface area (Å²) in [5, 5.41) is 6.20. The van der Waals surface area contributed by atoms with Crippen molar-refractivity contribution in [1.82, 2.24) is 24.7 Å². The van der Waals surface area contributed by atoms with Gasteiger partial charge in [-0.1, -0.05) is 0 Å². The van der Waals surface area contributed by atoms with E-state index in [2.05, 4.69) is 30.1 Å². The lowest BCUT2D eigenvalue weighted by Crippen LogP contribution is -2.42. The highest BCUT2D eigenvalue weighted by Crippen LogP contribution is 2.20. The normalized spacial score (nSPS) is 12.2. The molecular formula is C12H13F3N6O2. The molecule has 0 spiro atoms. The number of rotatable bonds is 5. The Hall–Kier alpha value is -2.56. The lowest BCUT2D eigenvalue weighted by Gasteiger charge is -2.24. The van der Waals surface area contributed by atoms with Crippen molar-refractivity contribution in [3.05, 3.63) is 24.8 Å². The molecule has 0 aliphatic heterocycles. The Kier molecular flexibility index (Phi) is 4.59. The third kappa shape index (κ3) is 4.45. The fraction of sp³-hybridized carbons (Fsp3) is 0.417. The first kappa shape index (κ1) is 16.8. The fourth-order valence-corrected chi connectivity index (χ4v) is 1.45. The molecule has 0 aliphatic rings. The van der Waals surface area contributed by atoms with Gasteiger partial charge in [0.2, 0.25) is 5.95 Å². The zero-order chi connectivity index (χ0) is 17.1. The van der Waals surface area contributed by atoms with Gasteiger partial charge in [-0.05, 0) is 19.9 Å². The van der Waals surface area contributed by atoms with E-state index in [1.807, 2.05) is 0 Å². The first-order valence-electron chi connectivity index (χ1n) is 6.38. The third-order valence-electron chi connectivity index (χ3n) is 2.66. The van der Waals surface area contributed by atoms with Crippen LogP contribution < -0.4 is 5.32 Å². The number of amides is 1. The number of hydrogen-bond acceptors (Lipinski definition) is 6. The molecule has 1 N–H and O–H groups in total. The van der Waals surface area contributed by atoms with Crippen LogP contribution in [-0.4, -0.2) is 49.0 Å². The Balaban J connectivity index is 2.11. The van der Waals surface area contributed by atoms with Gasteiger partial charge in [0.25, 0.3) is 11.9 Å². The molecule has 11 heteroatoms. The van der Waals surface area contributed by atoms with Crippen LogP contribution in [0.1, 0.15) is 13.8 Å². The molecule has 0 atom stereocenters. The van der Waals surface area contributed by atoms with Gasteiger partial charge in [0.15, 0.2) is 0 Å². The van der Waals surface area contributed by atoms with Crippen LogP contribution in [0.3, 0.4) is 0 Å². The predicted molar refractivity (Wildman–Crippen MR) is 71.7 cm³/mol. The van der Waals surface area contributed by atoms with Crippen LogP contribution in [0.4, 0.5) is 19.1 Å². The number of carbonyl (C=O) groups excluding carboxylic acids is 1. The van der Waals surface area contributed by atoms with Crippen LogP contribution in [0.5, 0.6) is 0 Å². The van der Waals surface area contributed by atoms with E-state index >= 15 is 0 Å². The first-order chi connectivity index (χ1) is 10.7. The number of aromatic nitrogens is 5. The molecule has 124 valence electrons. The minimum atomic E-state index is -4.53. The summed E-state index contributed by atoms with van der Waals surface area (Å²) in [7, 11) is 0. The Morgan fingerprint density at radius 1 is 1.26 bits per heavy atom. The molecule has 0 aliphatic carbocycles. The van der Waals surface area contributed by atoms with Crippen LogP contribution in [0.15, 0.2) is 24.8 Å². The molecule has 0 saturated heterocycles. The number of anilines is 1. The van der Waals surface area contributed by atoms with Crippen molar-refractivity contribution < 1.29 is 22.7 Å². The molecule has 0 aromatic carbocycles. The molecule has 2 heterocycles. The molecule has 2 rings (SSSR count). The monoisotopic (exact) mass is 330 g/mol. The predicted octanol–water partition coefficient (Wildman–Crippen LogP) is 1.35. The second kappa shape index (κ2) is 6.28. The molecule has 23 heavy (non-hydrogen) atoms. The largest absolute Gasteiger partial charge is 0.411 e.